The molecular weight excluding hydrogens is 945 g/mol. The van der Waals surface area contributed by atoms with Gasteiger partial charge < -0.3 is 41.7 Å². The molecule has 0 aliphatic carbocycles. The Bertz CT molecular complexity index is 2530. The van der Waals surface area contributed by atoms with Crippen molar-refractivity contribution in [1.29, 1.82) is 0 Å². The van der Waals surface area contributed by atoms with E-state index in [0.717, 1.165) is 11.4 Å². The van der Waals surface area contributed by atoms with E-state index >= 15 is 0 Å². The van der Waals surface area contributed by atoms with E-state index in [9.17, 15) is 43.5 Å². The lowest BCUT2D eigenvalue weighted by atomic mass is 10.00. The van der Waals surface area contributed by atoms with Crippen molar-refractivity contribution in [1.82, 2.24) is 26.6 Å². The van der Waals surface area contributed by atoms with E-state index in [2.05, 4.69) is 47.8 Å². The Hall–Kier alpha value is -7.18. The van der Waals surface area contributed by atoms with Gasteiger partial charge in [0.2, 0.25) is 29.5 Å². The van der Waals surface area contributed by atoms with Gasteiger partial charge >= 0.3 is 11.9 Å². The van der Waals surface area contributed by atoms with Gasteiger partial charge in [0.25, 0.3) is 5.91 Å². The fourth-order valence-electron chi connectivity index (χ4n) is 7.30. The standard InChI is InChI=1S/C49H49BrN6O10S/c1-29(57)66-42-28-43(58)52-40(27-36-13-8-22-67-36)47(62)55-38(24-32-14-18-34(50)19-15-32)45(60)53-37(23-30-9-4-2-5-10-30)44(59)54-39(25-33-16-20-35(21-17-33)51-48(42)63)46(61)56-41(49(64)65)26-31-11-6-3-7-12-31/h2-22,37-42H,23-28H2,1H3,(H,51,63)(H,52,58)(H,53,60)(H,54,59)(H,55,62)(H,56,61)(H,64,65)/t37-,38+,39+,40-,41-,42+/m0/s1. The van der Waals surface area contributed by atoms with E-state index < -0.39 is 90.1 Å². The second kappa shape index (κ2) is 23.8. The van der Waals surface area contributed by atoms with Crippen LogP contribution in [0.25, 0.3) is 0 Å². The maximum atomic E-state index is 14.6. The van der Waals surface area contributed by atoms with Crippen LogP contribution in [0.1, 0.15) is 40.5 Å². The summed E-state index contributed by atoms with van der Waals surface area (Å²) in [5.74, 6) is -6.92. The molecule has 0 spiro atoms. The first-order valence-corrected chi connectivity index (χ1v) is 23.0. The Labute approximate surface area is 398 Å². The molecule has 348 valence electrons. The van der Waals surface area contributed by atoms with Gasteiger partial charge in [0.15, 0.2) is 6.10 Å². The van der Waals surface area contributed by atoms with Gasteiger partial charge in [-0.05, 0) is 58.0 Å². The number of hydrogen-bond donors (Lipinski definition) is 7. The fraction of sp³-hybridized carbons (Fsp3) is 0.265. The van der Waals surface area contributed by atoms with Gasteiger partial charge in [0.05, 0.1) is 6.42 Å². The molecule has 0 fully saturated rings. The van der Waals surface area contributed by atoms with Crippen LogP contribution in [0.15, 0.2) is 131 Å². The van der Waals surface area contributed by atoms with Gasteiger partial charge in [-0.3, -0.25) is 33.6 Å². The molecule has 2 aliphatic heterocycles. The summed E-state index contributed by atoms with van der Waals surface area (Å²) >= 11 is 4.75. The summed E-state index contributed by atoms with van der Waals surface area (Å²) in [6, 6.07) is 27.5. The Morgan fingerprint density at radius 3 is 1.81 bits per heavy atom. The lowest BCUT2D eigenvalue weighted by molar-refractivity contribution is -0.153. The van der Waals surface area contributed by atoms with Crippen molar-refractivity contribution in [3.8, 4) is 0 Å². The monoisotopic (exact) mass is 992 g/mol. The Kier molecular flexibility index (Phi) is 17.5. The number of thiophene rings is 1. The zero-order chi connectivity index (χ0) is 47.9. The number of carboxylic acid groups (broad SMARTS) is 1. The summed E-state index contributed by atoms with van der Waals surface area (Å²) in [6.07, 6.45) is -2.61. The second-order valence-electron chi connectivity index (χ2n) is 15.9. The second-order valence-corrected chi connectivity index (χ2v) is 17.8. The van der Waals surface area contributed by atoms with Gasteiger partial charge in [-0.2, -0.15) is 0 Å². The van der Waals surface area contributed by atoms with Crippen molar-refractivity contribution in [2.24, 2.45) is 0 Å². The molecule has 0 saturated heterocycles. The van der Waals surface area contributed by atoms with E-state index in [0.29, 0.717) is 27.1 Å². The van der Waals surface area contributed by atoms with Gasteiger partial charge in [-0.25, -0.2) is 4.79 Å². The largest absolute Gasteiger partial charge is 0.480 e. The van der Waals surface area contributed by atoms with Crippen molar-refractivity contribution in [3.05, 3.63) is 158 Å². The molecule has 0 saturated carbocycles. The first-order chi connectivity index (χ1) is 32.2. The van der Waals surface area contributed by atoms with Crippen LogP contribution in [-0.2, 0) is 75.2 Å². The minimum Gasteiger partial charge on any atom is -0.480 e. The summed E-state index contributed by atoms with van der Waals surface area (Å²) in [6.45, 7) is 1.08. The zero-order valence-corrected chi connectivity index (χ0v) is 38.6. The van der Waals surface area contributed by atoms with Gasteiger partial charge in [-0.15, -0.1) is 11.3 Å². The van der Waals surface area contributed by atoms with Crippen molar-refractivity contribution in [2.75, 3.05) is 5.32 Å². The van der Waals surface area contributed by atoms with Crippen molar-refractivity contribution >= 4 is 80.3 Å². The van der Waals surface area contributed by atoms with Crippen molar-refractivity contribution < 1.29 is 48.2 Å². The third-order valence-corrected chi connectivity index (χ3v) is 12.1. The summed E-state index contributed by atoms with van der Waals surface area (Å²) in [5, 5.41) is 28.2. The van der Waals surface area contributed by atoms with Crippen LogP contribution in [0, 0.1) is 0 Å². The number of carboxylic acids is 1. The van der Waals surface area contributed by atoms with Gasteiger partial charge in [0, 0.05) is 54.1 Å². The highest BCUT2D eigenvalue weighted by molar-refractivity contribution is 9.10. The minimum atomic E-state index is -1.62. The molecule has 3 heterocycles. The summed E-state index contributed by atoms with van der Waals surface area (Å²) in [5.41, 5.74) is 2.65. The predicted octanol–water partition coefficient (Wildman–Crippen LogP) is 3.81. The number of rotatable bonds is 12. The average Bonchev–Trinajstić information content (AvgIpc) is 3.82. The smallest absolute Gasteiger partial charge is 0.326 e. The lowest BCUT2D eigenvalue weighted by Crippen LogP contribution is -2.60. The normalized spacial score (nSPS) is 20.1. The molecule has 2 aliphatic rings. The zero-order valence-electron chi connectivity index (χ0n) is 36.2. The summed E-state index contributed by atoms with van der Waals surface area (Å²) in [7, 11) is 0. The molecule has 1 aromatic heterocycles. The average molecular weight is 994 g/mol. The van der Waals surface area contributed by atoms with Crippen LogP contribution < -0.4 is 31.9 Å². The maximum absolute atomic E-state index is 14.6. The molecule has 7 rings (SSSR count). The summed E-state index contributed by atoms with van der Waals surface area (Å²) in [4.78, 5) is 110. The first kappa shape index (κ1) is 49.3. The molecule has 6 amide bonds. The number of halogens is 1. The van der Waals surface area contributed by atoms with Crippen LogP contribution in [0.4, 0.5) is 5.69 Å². The highest BCUT2D eigenvalue weighted by atomic mass is 79.9. The number of fused-ring (bicyclic) bond motifs is 18. The number of anilines is 1. The molecule has 2 bridgehead atoms. The highest BCUT2D eigenvalue weighted by Gasteiger charge is 2.34. The van der Waals surface area contributed by atoms with Crippen molar-refractivity contribution in [2.45, 2.75) is 81.8 Å². The quantitative estimate of drug-likeness (QED) is 0.0705. The van der Waals surface area contributed by atoms with Crippen molar-refractivity contribution in [3.63, 3.8) is 0 Å². The molecule has 0 radical (unpaired) electrons. The maximum Gasteiger partial charge on any atom is 0.326 e. The number of benzene rings is 4. The molecule has 18 heteroatoms. The third kappa shape index (κ3) is 15.2. The number of amides is 6. The predicted molar refractivity (Wildman–Crippen MR) is 252 cm³/mol. The topological polar surface area (TPSA) is 238 Å². The van der Waals surface area contributed by atoms with Gasteiger partial charge in [0.1, 0.15) is 30.2 Å². The van der Waals surface area contributed by atoms with E-state index in [1.54, 1.807) is 115 Å². The molecule has 4 aromatic carbocycles. The highest BCUT2D eigenvalue weighted by Crippen LogP contribution is 2.18. The molecule has 0 unspecified atom stereocenters. The number of carbonyl (C=O) groups excluding carboxylic acids is 7. The molecule has 16 nitrogen and oxygen atoms in total. The third-order valence-electron chi connectivity index (χ3n) is 10.7. The Balaban J connectivity index is 1.39. The summed E-state index contributed by atoms with van der Waals surface area (Å²) < 4.78 is 6.03. The SMILES string of the molecule is CC(=O)O[C@@H]1CC(=O)N[C@@H](Cc2cccs2)C(=O)N[C@H](Cc2ccc(Br)cc2)C(=O)N[C@@H](Cc2ccccc2)C(=O)N[C@@H](C(=O)N[C@@H](Cc2ccccc2)C(=O)O)Cc2ccc(cc2)NC1=O. The number of aliphatic carboxylic acids is 1. The minimum absolute atomic E-state index is 0.00475. The number of esters is 1. The Morgan fingerprint density at radius 2 is 1.24 bits per heavy atom. The molecule has 7 N–H and O–H groups in total. The number of hydrogen-bond acceptors (Lipinski definition) is 10. The van der Waals surface area contributed by atoms with E-state index in [1.807, 2.05) is 0 Å². The number of carbonyl (C=O) groups is 8. The van der Waals surface area contributed by atoms with Gasteiger partial charge in [-0.1, -0.05) is 107 Å². The van der Waals surface area contributed by atoms with Crippen LogP contribution in [-0.4, -0.2) is 88.8 Å². The van der Waals surface area contributed by atoms with Crippen LogP contribution >= 0.6 is 27.3 Å². The van der Waals surface area contributed by atoms with E-state index in [-0.39, 0.29) is 37.8 Å². The number of nitrogens with one attached hydrogen (secondary N) is 6. The molecule has 6 atom stereocenters. The lowest BCUT2D eigenvalue weighted by Gasteiger charge is -2.27. The first-order valence-electron chi connectivity index (χ1n) is 21.3. The molecule has 67 heavy (non-hydrogen) atoms. The number of ether oxygens (including phenoxy) is 1. The molecular formula is C49H49BrN6O10S. The van der Waals surface area contributed by atoms with Crippen LogP contribution in [0.2, 0.25) is 0 Å². The van der Waals surface area contributed by atoms with E-state index in [1.165, 1.54) is 23.5 Å². The molecule has 5 aromatic rings. The van der Waals surface area contributed by atoms with Crippen LogP contribution in [0.5, 0.6) is 0 Å². The Morgan fingerprint density at radius 1 is 0.672 bits per heavy atom. The fourth-order valence-corrected chi connectivity index (χ4v) is 8.32. The van der Waals surface area contributed by atoms with Crippen LogP contribution in [0.3, 0.4) is 0 Å². The van der Waals surface area contributed by atoms with E-state index in [4.69, 9.17) is 4.74 Å².